The summed E-state index contributed by atoms with van der Waals surface area (Å²) >= 11 is 0. The number of carbonyl (C=O) groups excluding carboxylic acids is 1. The summed E-state index contributed by atoms with van der Waals surface area (Å²) in [6.45, 7) is 13.7. The molecule has 1 aliphatic heterocycles. The minimum atomic E-state index is -0.718. The molecular formula is C15H30N2O3. The highest BCUT2D eigenvalue weighted by Gasteiger charge is 2.44. The van der Waals surface area contributed by atoms with Crippen LogP contribution < -0.4 is 0 Å². The molecule has 1 fully saturated rings. The normalized spacial score (nSPS) is 18.1. The van der Waals surface area contributed by atoms with E-state index in [1.54, 1.807) is 4.90 Å². The summed E-state index contributed by atoms with van der Waals surface area (Å²) in [6.07, 6.45) is 1.37. The first-order valence-corrected chi connectivity index (χ1v) is 7.62. The Morgan fingerprint density at radius 1 is 1.30 bits per heavy atom. The summed E-state index contributed by atoms with van der Waals surface area (Å²) in [5.41, 5.74) is -1.20. The third kappa shape index (κ3) is 5.29. The van der Waals surface area contributed by atoms with Crippen molar-refractivity contribution < 1.29 is 14.6 Å². The van der Waals surface area contributed by atoms with E-state index in [1.807, 2.05) is 20.8 Å². The Hall–Kier alpha value is -0.810. The van der Waals surface area contributed by atoms with E-state index >= 15 is 0 Å². The van der Waals surface area contributed by atoms with Crippen molar-refractivity contribution >= 4 is 6.09 Å². The first-order valence-electron chi connectivity index (χ1n) is 7.62. The van der Waals surface area contributed by atoms with Gasteiger partial charge in [-0.25, -0.2) is 4.79 Å². The molecule has 0 saturated carbocycles. The summed E-state index contributed by atoms with van der Waals surface area (Å²) < 4.78 is 5.28. The number of ether oxygens (including phenoxy) is 1. The van der Waals surface area contributed by atoms with Gasteiger partial charge in [-0.3, -0.25) is 0 Å². The van der Waals surface area contributed by atoms with Crippen LogP contribution in [0.1, 0.15) is 47.5 Å². The molecule has 0 aromatic rings. The van der Waals surface area contributed by atoms with E-state index in [0.29, 0.717) is 13.1 Å². The number of rotatable bonds is 6. The Bertz CT molecular complexity index is 316. The lowest BCUT2D eigenvalue weighted by Gasteiger charge is -2.46. The molecule has 0 aliphatic carbocycles. The van der Waals surface area contributed by atoms with Crippen molar-refractivity contribution in [2.45, 2.75) is 58.7 Å². The number of hydrogen-bond donors (Lipinski definition) is 1. The lowest BCUT2D eigenvalue weighted by atomic mass is 9.89. The van der Waals surface area contributed by atoms with Crippen molar-refractivity contribution in [1.29, 1.82) is 0 Å². The van der Waals surface area contributed by atoms with Gasteiger partial charge in [0, 0.05) is 0 Å². The Kier molecular flexibility index (Phi) is 5.83. The molecule has 0 radical (unpaired) electrons. The number of aliphatic hydroxyl groups is 1. The molecule has 1 aliphatic rings. The molecule has 1 heterocycles. The first kappa shape index (κ1) is 17.2. The highest BCUT2D eigenvalue weighted by atomic mass is 16.6. The third-order valence-corrected chi connectivity index (χ3v) is 3.63. The number of amides is 1. The molecule has 1 amide bonds. The first-order chi connectivity index (χ1) is 9.19. The predicted octanol–water partition coefficient (Wildman–Crippen LogP) is 2.09. The molecule has 20 heavy (non-hydrogen) atoms. The number of likely N-dealkylation sites (tertiary alicyclic amines) is 1. The maximum absolute atomic E-state index is 11.8. The van der Waals surface area contributed by atoms with Gasteiger partial charge in [0.2, 0.25) is 0 Å². The van der Waals surface area contributed by atoms with Gasteiger partial charge < -0.3 is 19.6 Å². The molecule has 0 atom stereocenters. The van der Waals surface area contributed by atoms with Crippen LogP contribution in [0.3, 0.4) is 0 Å². The maximum atomic E-state index is 11.8. The van der Waals surface area contributed by atoms with Crippen molar-refractivity contribution in [1.82, 2.24) is 9.80 Å². The van der Waals surface area contributed by atoms with E-state index < -0.39 is 11.2 Å². The highest BCUT2D eigenvalue weighted by Crippen LogP contribution is 2.27. The van der Waals surface area contributed by atoms with Gasteiger partial charge in [-0.15, -0.1) is 0 Å². The molecule has 0 bridgehead atoms. The van der Waals surface area contributed by atoms with Crippen LogP contribution in [0.4, 0.5) is 4.79 Å². The fourth-order valence-electron chi connectivity index (χ4n) is 2.45. The summed E-state index contributed by atoms with van der Waals surface area (Å²) in [5.74, 6) is 0. The molecule has 1 N–H and O–H groups in total. The zero-order valence-electron chi connectivity index (χ0n) is 13.6. The average molecular weight is 286 g/mol. The smallest absolute Gasteiger partial charge is 0.410 e. The van der Waals surface area contributed by atoms with E-state index in [1.165, 1.54) is 0 Å². The SMILES string of the molecule is CCN(CC)CCCC1(O)CN(C(=O)OC(C)(C)C)C1. The number of β-amino-alcohol motifs (C(OH)–C–C–N with tert-alkyl or cyclic N) is 1. The van der Waals surface area contributed by atoms with Crippen molar-refractivity contribution in [2.75, 3.05) is 32.7 Å². The number of hydrogen-bond acceptors (Lipinski definition) is 4. The lowest BCUT2D eigenvalue weighted by molar-refractivity contribution is -0.104. The Morgan fingerprint density at radius 2 is 1.85 bits per heavy atom. The van der Waals surface area contributed by atoms with E-state index in [9.17, 15) is 9.90 Å². The quantitative estimate of drug-likeness (QED) is 0.812. The van der Waals surface area contributed by atoms with E-state index in [4.69, 9.17) is 4.74 Å². The van der Waals surface area contributed by atoms with Crippen LogP contribution >= 0.6 is 0 Å². The second kappa shape index (κ2) is 6.76. The van der Waals surface area contributed by atoms with Crippen LogP contribution in [-0.4, -0.2) is 64.9 Å². The van der Waals surface area contributed by atoms with Crippen molar-refractivity contribution in [3.05, 3.63) is 0 Å². The summed E-state index contributed by atoms with van der Waals surface area (Å²) in [7, 11) is 0. The van der Waals surface area contributed by atoms with Gasteiger partial charge in [0.1, 0.15) is 11.2 Å². The van der Waals surface area contributed by atoms with E-state index in [-0.39, 0.29) is 6.09 Å². The van der Waals surface area contributed by atoms with E-state index in [2.05, 4.69) is 18.7 Å². The molecule has 0 aromatic carbocycles. The fraction of sp³-hybridized carbons (Fsp3) is 0.933. The summed E-state index contributed by atoms with van der Waals surface area (Å²) in [6, 6.07) is 0. The molecule has 1 rings (SSSR count). The van der Waals surface area contributed by atoms with Crippen molar-refractivity contribution in [3.8, 4) is 0 Å². The van der Waals surface area contributed by atoms with Gasteiger partial charge in [-0.2, -0.15) is 0 Å². The molecule has 5 nitrogen and oxygen atoms in total. The minimum Gasteiger partial charge on any atom is -0.444 e. The van der Waals surface area contributed by atoms with Gasteiger partial charge in [0.15, 0.2) is 0 Å². The fourth-order valence-corrected chi connectivity index (χ4v) is 2.45. The Morgan fingerprint density at radius 3 is 2.30 bits per heavy atom. The third-order valence-electron chi connectivity index (χ3n) is 3.63. The van der Waals surface area contributed by atoms with Crippen LogP contribution in [-0.2, 0) is 4.74 Å². The van der Waals surface area contributed by atoms with Crippen molar-refractivity contribution in [2.24, 2.45) is 0 Å². The molecule has 1 saturated heterocycles. The van der Waals surface area contributed by atoms with Crippen LogP contribution in [0.25, 0.3) is 0 Å². The Balaban J connectivity index is 2.26. The molecule has 118 valence electrons. The molecular weight excluding hydrogens is 256 g/mol. The van der Waals surface area contributed by atoms with Crippen LogP contribution in [0.5, 0.6) is 0 Å². The van der Waals surface area contributed by atoms with Crippen LogP contribution in [0.2, 0.25) is 0 Å². The van der Waals surface area contributed by atoms with Gasteiger partial charge in [-0.1, -0.05) is 13.8 Å². The maximum Gasteiger partial charge on any atom is 0.410 e. The summed E-state index contributed by atoms with van der Waals surface area (Å²) in [4.78, 5) is 15.7. The van der Waals surface area contributed by atoms with Gasteiger partial charge >= 0.3 is 6.09 Å². The van der Waals surface area contributed by atoms with Crippen molar-refractivity contribution in [3.63, 3.8) is 0 Å². The Labute approximate surface area is 122 Å². The predicted molar refractivity (Wildman–Crippen MR) is 79.8 cm³/mol. The van der Waals surface area contributed by atoms with Crippen LogP contribution in [0, 0.1) is 0 Å². The second-order valence-electron chi connectivity index (χ2n) is 6.69. The van der Waals surface area contributed by atoms with Gasteiger partial charge in [0.25, 0.3) is 0 Å². The zero-order chi connectivity index (χ0) is 15.4. The molecule has 0 unspecified atom stereocenters. The van der Waals surface area contributed by atoms with Gasteiger partial charge in [-0.05, 0) is 53.2 Å². The zero-order valence-corrected chi connectivity index (χ0v) is 13.6. The van der Waals surface area contributed by atoms with E-state index in [0.717, 1.165) is 32.5 Å². The monoisotopic (exact) mass is 286 g/mol. The summed E-state index contributed by atoms with van der Waals surface area (Å²) in [5, 5.41) is 10.3. The molecule has 5 heteroatoms. The largest absolute Gasteiger partial charge is 0.444 e. The highest BCUT2D eigenvalue weighted by molar-refractivity contribution is 5.69. The topological polar surface area (TPSA) is 53.0 Å². The second-order valence-corrected chi connectivity index (χ2v) is 6.69. The average Bonchev–Trinajstić information content (AvgIpc) is 2.29. The lowest BCUT2D eigenvalue weighted by Crippen LogP contribution is -2.64. The minimum absolute atomic E-state index is 0.328. The van der Waals surface area contributed by atoms with Gasteiger partial charge in [0.05, 0.1) is 13.1 Å². The number of carbonyl (C=O) groups is 1. The molecule has 0 aromatic heterocycles. The molecule has 0 spiro atoms. The standard InChI is InChI=1S/C15H30N2O3/c1-6-16(7-2)10-8-9-15(19)11-17(12-15)13(18)20-14(3,4)5/h19H,6-12H2,1-5H3. The number of nitrogens with zero attached hydrogens (tertiary/aromatic N) is 2. The van der Waals surface area contributed by atoms with Crippen LogP contribution in [0.15, 0.2) is 0 Å².